The van der Waals surface area contributed by atoms with Crippen LogP contribution in [0.5, 0.6) is 5.75 Å². The predicted molar refractivity (Wildman–Crippen MR) is 108 cm³/mol. The zero-order valence-corrected chi connectivity index (χ0v) is 17.2. The second-order valence-electron chi connectivity index (χ2n) is 7.98. The average Bonchev–Trinajstić information content (AvgIpc) is 2.96. The molecule has 29 heavy (non-hydrogen) atoms. The highest BCUT2D eigenvalue weighted by Crippen LogP contribution is 2.31. The fraction of sp³-hybridized carbons (Fsp3) is 0.550. The first-order valence-corrected chi connectivity index (χ1v) is 9.70. The van der Waals surface area contributed by atoms with Crippen LogP contribution < -0.4 is 15.4 Å². The first kappa shape index (κ1) is 20.8. The minimum atomic E-state index is -0.466. The van der Waals surface area contributed by atoms with Gasteiger partial charge < -0.3 is 30.1 Å². The van der Waals surface area contributed by atoms with Gasteiger partial charge in [-0.15, -0.1) is 0 Å². The summed E-state index contributed by atoms with van der Waals surface area (Å²) in [6, 6.07) is 7.21. The van der Waals surface area contributed by atoms with Gasteiger partial charge in [-0.1, -0.05) is 12.1 Å². The first-order chi connectivity index (χ1) is 13.8. The first-order valence-electron chi connectivity index (χ1n) is 9.70. The Bertz CT molecular complexity index is 784. The van der Waals surface area contributed by atoms with Gasteiger partial charge in [0.1, 0.15) is 5.75 Å². The SMILES string of the molecule is COc1cccc(CNC(=O)N2CCN(C(=O)N(C)C)CC3(CNC(=O)C3)C2)c1. The Morgan fingerprint density at radius 1 is 1.24 bits per heavy atom. The fourth-order valence-electron chi connectivity index (χ4n) is 3.93. The van der Waals surface area contributed by atoms with Crippen LogP contribution in [0.15, 0.2) is 24.3 Å². The molecule has 158 valence electrons. The van der Waals surface area contributed by atoms with Crippen LogP contribution >= 0.6 is 0 Å². The maximum Gasteiger partial charge on any atom is 0.319 e. The summed E-state index contributed by atoms with van der Waals surface area (Å²) in [4.78, 5) is 42.3. The maximum absolute atomic E-state index is 12.9. The molecule has 1 aromatic carbocycles. The smallest absolute Gasteiger partial charge is 0.319 e. The van der Waals surface area contributed by atoms with Crippen molar-refractivity contribution in [2.24, 2.45) is 5.41 Å². The summed E-state index contributed by atoms with van der Waals surface area (Å²) >= 11 is 0. The van der Waals surface area contributed by atoms with Crippen molar-refractivity contribution in [3.05, 3.63) is 29.8 Å². The van der Waals surface area contributed by atoms with Crippen LogP contribution in [0.2, 0.25) is 0 Å². The Kier molecular flexibility index (Phi) is 6.14. The number of methoxy groups -OCH3 is 1. The second-order valence-corrected chi connectivity index (χ2v) is 7.98. The monoisotopic (exact) mass is 403 g/mol. The zero-order valence-electron chi connectivity index (χ0n) is 17.2. The molecule has 9 heteroatoms. The van der Waals surface area contributed by atoms with E-state index in [0.29, 0.717) is 45.7 Å². The summed E-state index contributed by atoms with van der Waals surface area (Å²) in [7, 11) is 5.01. The van der Waals surface area contributed by atoms with Gasteiger partial charge in [-0.2, -0.15) is 0 Å². The molecule has 2 aliphatic heterocycles. The lowest BCUT2D eigenvalue weighted by molar-refractivity contribution is -0.119. The van der Waals surface area contributed by atoms with Crippen LogP contribution in [-0.2, 0) is 11.3 Å². The third kappa shape index (κ3) is 4.90. The summed E-state index contributed by atoms with van der Waals surface area (Å²) in [6.45, 7) is 2.55. The van der Waals surface area contributed by atoms with Crippen molar-refractivity contribution in [3.8, 4) is 5.75 Å². The molecule has 2 fully saturated rings. The van der Waals surface area contributed by atoms with E-state index >= 15 is 0 Å². The van der Waals surface area contributed by atoms with Crippen LogP contribution in [-0.4, -0.2) is 86.6 Å². The molecule has 9 nitrogen and oxygen atoms in total. The van der Waals surface area contributed by atoms with E-state index in [2.05, 4.69) is 10.6 Å². The maximum atomic E-state index is 12.9. The lowest BCUT2D eigenvalue weighted by Crippen LogP contribution is -2.48. The highest BCUT2D eigenvalue weighted by atomic mass is 16.5. The van der Waals surface area contributed by atoms with Crippen LogP contribution in [0.4, 0.5) is 9.59 Å². The molecule has 0 bridgehead atoms. The molecule has 1 spiro atoms. The number of nitrogens with one attached hydrogen (secondary N) is 2. The lowest BCUT2D eigenvalue weighted by Gasteiger charge is -2.33. The minimum absolute atomic E-state index is 0.0408. The topological polar surface area (TPSA) is 94.2 Å². The Morgan fingerprint density at radius 2 is 1.97 bits per heavy atom. The van der Waals surface area contributed by atoms with Crippen LogP contribution in [0.3, 0.4) is 0 Å². The Balaban J connectivity index is 1.70. The van der Waals surface area contributed by atoms with Crippen molar-refractivity contribution >= 4 is 18.0 Å². The zero-order chi connectivity index (χ0) is 21.0. The van der Waals surface area contributed by atoms with Gasteiger partial charge in [0.15, 0.2) is 0 Å². The van der Waals surface area contributed by atoms with Crippen molar-refractivity contribution in [2.45, 2.75) is 13.0 Å². The highest BCUT2D eigenvalue weighted by Gasteiger charge is 2.45. The Morgan fingerprint density at radius 3 is 2.62 bits per heavy atom. The van der Waals surface area contributed by atoms with Gasteiger partial charge in [-0.25, -0.2) is 9.59 Å². The second kappa shape index (κ2) is 8.59. The molecule has 0 aromatic heterocycles. The van der Waals surface area contributed by atoms with E-state index in [1.54, 1.807) is 31.0 Å². The average molecular weight is 403 g/mol. The largest absolute Gasteiger partial charge is 0.497 e. The van der Waals surface area contributed by atoms with E-state index in [-0.39, 0.29) is 18.0 Å². The number of benzene rings is 1. The molecule has 2 saturated heterocycles. The Labute approximate surface area is 171 Å². The third-order valence-electron chi connectivity index (χ3n) is 5.41. The van der Waals surface area contributed by atoms with E-state index in [4.69, 9.17) is 4.74 Å². The van der Waals surface area contributed by atoms with Crippen molar-refractivity contribution in [1.82, 2.24) is 25.3 Å². The summed E-state index contributed by atoms with van der Waals surface area (Å²) in [5.74, 6) is 0.694. The third-order valence-corrected chi connectivity index (χ3v) is 5.41. The normalized spacial score (nSPS) is 21.6. The van der Waals surface area contributed by atoms with E-state index in [9.17, 15) is 14.4 Å². The molecule has 0 aliphatic carbocycles. The molecule has 0 radical (unpaired) electrons. The summed E-state index contributed by atoms with van der Waals surface area (Å²) < 4.78 is 5.22. The van der Waals surface area contributed by atoms with Crippen molar-refractivity contribution < 1.29 is 19.1 Å². The van der Waals surface area contributed by atoms with Gasteiger partial charge >= 0.3 is 12.1 Å². The molecule has 0 saturated carbocycles. The van der Waals surface area contributed by atoms with E-state index in [0.717, 1.165) is 11.3 Å². The highest BCUT2D eigenvalue weighted by molar-refractivity contribution is 5.80. The number of urea groups is 2. The molecular weight excluding hydrogens is 374 g/mol. The number of carbonyl (C=O) groups excluding carboxylic acids is 3. The number of hydrogen-bond donors (Lipinski definition) is 2. The lowest BCUT2D eigenvalue weighted by atomic mass is 9.86. The van der Waals surface area contributed by atoms with Gasteiger partial charge in [0.2, 0.25) is 5.91 Å². The molecule has 5 amide bonds. The van der Waals surface area contributed by atoms with Crippen LogP contribution in [0, 0.1) is 5.41 Å². The van der Waals surface area contributed by atoms with E-state index in [1.165, 1.54) is 4.90 Å². The molecular formula is C20H29N5O4. The predicted octanol–water partition coefficient (Wildman–Crippen LogP) is 0.710. The molecule has 3 rings (SSSR count). The number of rotatable bonds is 3. The standard InChI is InChI=1S/C20H29N5O4/c1-23(2)19(28)25-8-7-24(13-20(14-25)10-17(26)22-12-20)18(27)21-11-15-5-4-6-16(9-15)29-3/h4-6,9H,7-8,10-14H2,1-3H3,(H,21,27)(H,22,26). The number of amides is 5. The molecule has 1 unspecified atom stereocenters. The summed E-state index contributed by atoms with van der Waals surface area (Å²) in [6.07, 6.45) is 0.309. The van der Waals surface area contributed by atoms with Crippen molar-refractivity contribution in [2.75, 3.05) is 53.9 Å². The van der Waals surface area contributed by atoms with Crippen LogP contribution in [0.25, 0.3) is 0 Å². The van der Waals surface area contributed by atoms with Gasteiger partial charge in [0, 0.05) is 65.2 Å². The molecule has 2 aliphatic rings. The minimum Gasteiger partial charge on any atom is -0.497 e. The van der Waals surface area contributed by atoms with Crippen molar-refractivity contribution in [1.29, 1.82) is 0 Å². The summed E-state index contributed by atoms with van der Waals surface area (Å²) in [5.41, 5.74) is 0.469. The molecule has 2 heterocycles. The fourth-order valence-corrected chi connectivity index (χ4v) is 3.93. The number of nitrogens with zero attached hydrogens (tertiary/aromatic N) is 3. The van der Waals surface area contributed by atoms with Crippen LogP contribution in [0.1, 0.15) is 12.0 Å². The summed E-state index contributed by atoms with van der Waals surface area (Å²) in [5, 5.41) is 5.81. The van der Waals surface area contributed by atoms with Gasteiger partial charge in [0.25, 0.3) is 0 Å². The molecule has 2 N–H and O–H groups in total. The molecule has 1 aromatic rings. The van der Waals surface area contributed by atoms with Gasteiger partial charge in [-0.05, 0) is 17.7 Å². The Hall–Kier alpha value is -2.97. The van der Waals surface area contributed by atoms with Gasteiger partial charge in [-0.3, -0.25) is 4.79 Å². The van der Waals surface area contributed by atoms with E-state index in [1.807, 2.05) is 24.3 Å². The number of hydrogen-bond acceptors (Lipinski definition) is 4. The molecule has 1 atom stereocenters. The van der Waals surface area contributed by atoms with Crippen molar-refractivity contribution in [3.63, 3.8) is 0 Å². The number of ether oxygens (including phenoxy) is 1. The van der Waals surface area contributed by atoms with Gasteiger partial charge in [0.05, 0.1) is 7.11 Å². The number of carbonyl (C=O) groups is 3. The van der Waals surface area contributed by atoms with E-state index < -0.39 is 5.41 Å². The quantitative estimate of drug-likeness (QED) is 0.777.